The van der Waals surface area contributed by atoms with Gasteiger partial charge in [0.05, 0.1) is 11.8 Å². The Balaban J connectivity index is 1.95. The van der Waals surface area contributed by atoms with Gasteiger partial charge in [-0.05, 0) is 30.7 Å². The number of rotatable bonds is 5. The third-order valence-corrected chi connectivity index (χ3v) is 3.80. The standard InChI is InChI=1S/C19H18N4O3/c1-2-10-20-18(25)14-9-6-11-23-16(14)21-12-15(19(23)26)22-17(24)13-7-4-3-5-8-13/h3-9,11-12H,2,10H2,1H3,(H,20,25)(H,22,24). The van der Waals surface area contributed by atoms with Crippen molar-refractivity contribution in [3.8, 4) is 0 Å². The lowest BCUT2D eigenvalue weighted by molar-refractivity contribution is 0.0953. The van der Waals surface area contributed by atoms with Gasteiger partial charge >= 0.3 is 0 Å². The zero-order chi connectivity index (χ0) is 18.5. The summed E-state index contributed by atoms with van der Waals surface area (Å²) in [4.78, 5) is 41.4. The molecular formula is C19H18N4O3. The molecule has 2 amide bonds. The molecule has 0 bridgehead atoms. The van der Waals surface area contributed by atoms with Crippen LogP contribution in [0.1, 0.15) is 34.1 Å². The van der Waals surface area contributed by atoms with Gasteiger partial charge in [-0.15, -0.1) is 0 Å². The van der Waals surface area contributed by atoms with Crippen LogP contribution in [0.4, 0.5) is 5.69 Å². The van der Waals surface area contributed by atoms with Crippen molar-refractivity contribution in [2.45, 2.75) is 13.3 Å². The first-order valence-electron chi connectivity index (χ1n) is 8.26. The second-order valence-electron chi connectivity index (χ2n) is 5.67. The largest absolute Gasteiger partial charge is 0.352 e. The summed E-state index contributed by atoms with van der Waals surface area (Å²) in [6, 6.07) is 11.8. The number of benzene rings is 1. The average molecular weight is 350 g/mol. The molecule has 0 aliphatic heterocycles. The van der Waals surface area contributed by atoms with E-state index in [0.29, 0.717) is 17.7 Å². The van der Waals surface area contributed by atoms with E-state index in [1.807, 2.05) is 6.92 Å². The molecule has 0 saturated heterocycles. The maximum absolute atomic E-state index is 12.7. The summed E-state index contributed by atoms with van der Waals surface area (Å²) in [6.07, 6.45) is 3.59. The first-order valence-corrected chi connectivity index (χ1v) is 8.26. The van der Waals surface area contributed by atoms with Gasteiger partial charge in [-0.2, -0.15) is 0 Å². The molecule has 1 aromatic carbocycles. The van der Waals surface area contributed by atoms with Crippen LogP contribution in [-0.2, 0) is 0 Å². The zero-order valence-corrected chi connectivity index (χ0v) is 14.2. The summed E-state index contributed by atoms with van der Waals surface area (Å²) >= 11 is 0. The lowest BCUT2D eigenvalue weighted by Gasteiger charge is -2.09. The Morgan fingerprint density at radius 2 is 1.85 bits per heavy atom. The van der Waals surface area contributed by atoms with Crippen molar-refractivity contribution in [1.82, 2.24) is 14.7 Å². The minimum absolute atomic E-state index is 0.0440. The molecule has 132 valence electrons. The van der Waals surface area contributed by atoms with Gasteiger partial charge in [0.25, 0.3) is 17.4 Å². The molecule has 3 rings (SSSR count). The van der Waals surface area contributed by atoms with Crippen LogP contribution >= 0.6 is 0 Å². The van der Waals surface area contributed by atoms with Gasteiger partial charge < -0.3 is 10.6 Å². The van der Waals surface area contributed by atoms with E-state index in [9.17, 15) is 14.4 Å². The van der Waals surface area contributed by atoms with Gasteiger partial charge in [-0.3, -0.25) is 18.8 Å². The predicted molar refractivity (Wildman–Crippen MR) is 98.5 cm³/mol. The SMILES string of the molecule is CCCNC(=O)c1cccn2c(=O)c(NC(=O)c3ccccc3)cnc12. The first kappa shape index (κ1) is 17.3. The van der Waals surface area contributed by atoms with Crippen LogP contribution in [-0.4, -0.2) is 27.7 Å². The topological polar surface area (TPSA) is 92.6 Å². The van der Waals surface area contributed by atoms with Crippen molar-refractivity contribution in [3.05, 3.63) is 76.3 Å². The highest BCUT2D eigenvalue weighted by molar-refractivity contribution is 6.04. The van der Waals surface area contributed by atoms with Crippen LogP contribution in [0.3, 0.4) is 0 Å². The molecule has 0 saturated carbocycles. The Bertz CT molecular complexity index is 1010. The zero-order valence-electron chi connectivity index (χ0n) is 14.2. The number of carbonyl (C=O) groups excluding carboxylic acids is 2. The molecule has 2 heterocycles. The molecule has 3 aromatic rings. The summed E-state index contributed by atoms with van der Waals surface area (Å²) in [5.74, 6) is -0.695. The van der Waals surface area contributed by atoms with E-state index in [4.69, 9.17) is 0 Å². The fourth-order valence-electron chi connectivity index (χ4n) is 2.49. The fraction of sp³-hybridized carbons (Fsp3) is 0.158. The van der Waals surface area contributed by atoms with E-state index in [0.717, 1.165) is 6.42 Å². The van der Waals surface area contributed by atoms with Crippen molar-refractivity contribution in [2.24, 2.45) is 0 Å². The Morgan fingerprint density at radius 3 is 2.58 bits per heavy atom. The Labute approximate surface area is 149 Å². The highest BCUT2D eigenvalue weighted by Gasteiger charge is 2.15. The smallest absolute Gasteiger partial charge is 0.281 e. The van der Waals surface area contributed by atoms with Crippen LogP contribution in [0.25, 0.3) is 5.65 Å². The summed E-state index contributed by atoms with van der Waals surface area (Å²) in [5, 5.41) is 5.33. The lowest BCUT2D eigenvalue weighted by Crippen LogP contribution is -2.27. The molecule has 7 heteroatoms. The van der Waals surface area contributed by atoms with Crippen molar-refractivity contribution in [2.75, 3.05) is 11.9 Å². The number of hydrogen-bond acceptors (Lipinski definition) is 4. The number of pyridine rings is 1. The number of hydrogen-bond donors (Lipinski definition) is 2. The normalized spacial score (nSPS) is 10.5. The van der Waals surface area contributed by atoms with E-state index in [1.54, 1.807) is 42.5 Å². The second kappa shape index (κ2) is 7.60. The molecular weight excluding hydrogens is 332 g/mol. The number of nitrogens with one attached hydrogen (secondary N) is 2. The molecule has 0 unspecified atom stereocenters. The second-order valence-corrected chi connectivity index (χ2v) is 5.67. The Kier molecular flexibility index (Phi) is 5.07. The van der Waals surface area contributed by atoms with Crippen molar-refractivity contribution < 1.29 is 9.59 Å². The van der Waals surface area contributed by atoms with Gasteiger partial charge in [0, 0.05) is 18.3 Å². The van der Waals surface area contributed by atoms with Crippen LogP contribution in [0.2, 0.25) is 0 Å². The van der Waals surface area contributed by atoms with E-state index >= 15 is 0 Å². The number of nitrogens with zero attached hydrogens (tertiary/aromatic N) is 2. The van der Waals surface area contributed by atoms with Gasteiger partial charge in [-0.25, -0.2) is 4.98 Å². The summed E-state index contributed by atoms with van der Waals surface area (Å²) in [7, 11) is 0. The number of aromatic nitrogens is 2. The molecule has 7 nitrogen and oxygen atoms in total. The third-order valence-electron chi connectivity index (χ3n) is 3.80. The molecule has 0 atom stereocenters. The maximum Gasteiger partial charge on any atom is 0.281 e. The van der Waals surface area contributed by atoms with Gasteiger partial charge in [0.15, 0.2) is 5.65 Å². The monoisotopic (exact) mass is 350 g/mol. The predicted octanol–water partition coefficient (Wildman–Crippen LogP) is 2.09. The van der Waals surface area contributed by atoms with E-state index < -0.39 is 11.5 Å². The lowest BCUT2D eigenvalue weighted by atomic mass is 10.2. The minimum atomic E-state index is -0.454. The third kappa shape index (κ3) is 3.46. The molecule has 0 radical (unpaired) electrons. The van der Waals surface area contributed by atoms with E-state index in [1.165, 1.54) is 16.8 Å². The molecule has 0 spiro atoms. The maximum atomic E-state index is 12.7. The van der Waals surface area contributed by atoms with Crippen LogP contribution in [0.5, 0.6) is 0 Å². The van der Waals surface area contributed by atoms with Crippen molar-refractivity contribution >= 4 is 23.1 Å². The van der Waals surface area contributed by atoms with Crippen molar-refractivity contribution in [3.63, 3.8) is 0 Å². The van der Waals surface area contributed by atoms with Gasteiger partial charge in [-0.1, -0.05) is 25.1 Å². The highest BCUT2D eigenvalue weighted by Crippen LogP contribution is 2.10. The highest BCUT2D eigenvalue weighted by atomic mass is 16.2. The summed E-state index contributed by atoms with van der Waals surface area (Å²) < 4.78 is 1.25. The average Bonchev–Trinajstić information content (AvgIpc) is 2.68. The van der Waals surface area contributed by atoms with Crippen molar-refractivity contribution in [1.29, 1.82) is 0 Å². The molecule has 0 aliphatic rings. The first-order chi connectivity index (χ1) is 12.6. The number of anilines is 1. The van der Waals surface area contributed by atoms with E-state index in [2.05, 4.69) is 15.6 Å². The minimum Gasteiger partial charge on any atom is -0.352 e. The quantitative estimate of drug-likeness (QED) is 0.737. The summed E-state index contributed by atoms with van der Waals surface area (Å²) in [6.45, 7) is 2.49. The Hall–Kier alpha value is -3.48. The fourth-order valence-corrected chi connectivity index (χ4v) is 2.49. The van der Waals surface area contributed by atoms with Gasteiger partial charge in [0.1, 0.15) is 5.69 Å². The van der Waals surface area contributed by atoms with Crippen LogP contribution in [0.15, 0.2) is 59.7 Å². The van der Waals surface area contributed by atoms with E-state index in [-0.39, 0.29) is 17.2 Å². The van der Waals surface area contributed by atoms with Crippen LogP contribution < -0.4 is 16.2 Å². The molecule has 2 N–H and O–H groups in total. The number of amides is 2. The van der Waals surface area contributed by atoms with Gasteiger partial charge in [0.2, 0.25) is 0 Å². The van der Waals surface area contributed by atoms with Crippen LogP contribution in [0, 0.1) is 0 Å². The number of fused-ring (bicyclic) bond motifs is 1. The molecule has 26 heavy (non-hydrogen) atoms. The Morgan fingerprint density at radius 1 is 1.08 bits per heavy atom. The molecule has 2 aromatic heterocycles. The number of carbonyl (C=O) groups is 2. The summed E-state index contributed by atoms with van der Waals surface area (Å²) in [5.41, 5.74) is 0.569. The molecule has 0 fully saturated rings. The molecule has 0 aliphatic carbocycles.